The van der Waals surface area contributed by atoms with Crippen LogP contribution in [0.1, 0.15) is 88.4 Å². The molecule has 1 aromatic carbocycles. The molecule has 0 heterocycles. The zero-order valence-corrected chi connectivity index (χ0v) is 23.9. The highest BCUT2D eigenvalue weighted by Gasteiger charge is 2.51. The second-order valence-electron chi connectivity index (χ2n) is 12.9. The van der Waals surface area contributed by atoms with E-state index in [1.165, 1.54) is 13.5 Å². The molecule has 8 nitrogen and oxygen atoms in total. The molecule has 9 heteroatoms. The Morgan fingerprint density at radius 3 is 2.36 bits per heavy atom. The van der Waals surface area contributed by atoms with Crippen LogP contribution in [0.3, 0.4) is 0 Å². The van der Waals surface area contributed by atoms with Gasteiger partial charge in [0.25, 0.3) is 5.91 Å². The van der Waals surface area contributed by atoms with Crippen molar-refractivity contribution in [1.29, 1.82) is 0 Å². The molecule has 4 fully saturated rings. The van der Waals surface area contributed by atoms with E-state index in [0.717, 1.165) is 32.1 Å². The number of ether oxygens (including phenoxy) is 2. The Morgan fingerprint density at radius 1 is 1.05 bits per heavy atom. The molecule has 4 aliphatic rings. The first-order valence-electron chi connectivity index (χ1n) is 14.4. The molecule has 2 amide bonds. The number of carbonyl (C=O) groups excluding carboxylic acids is 2. The standard InChI is InChI=1S/C30H41ClN2O6/c1-29(9-4-10-29)16-32-27(35)23-17-5-6-18(13-17)24(23)33-26(34)21-14-20(15-22(31)25(21)38-3)39-19-7-11-30(2,12-8-19)28(36)37/h14-15,17-19,23-24H,4-13,16H2,1-3H3,(H,32,35)(H,33,34)(H,36,37)/t17-,18+,19-,23+,24-,30+/m1/s1. The summed E-state index contributed by atoms with van der Waals surface area (Å²) < 4.78 is 11.7. The first-order chi connectivity index (χ1) is 18.5. The van der Waals surface area contributed by atoms with Gasteiger partial charge < -0.3 is 25.2 Å². The maximum atomic E-state index is 13.7. The number of rotatable bonds is 9. The zero-order valence-electron chi connectivity index (χ0n) is 23.2. The van der Waals surface area contributed by atoms with Gasteiger partial charge in [0.05, 0.1) is 35.1 Å². The maximum absolute atomic E-state index is 13.7. The van der Waals surface area contributed by atoms with Crippen molar-refractivity contribution >= 4 is 29.4 Å². The van der Waals surface area contributed by atoms with Crippen LogP contribution in [0.25, 0.3) is 0 Å². The summed E-state index contributed by atoms with van der Waals surface area (Å²) in [5.74, 6) is -0.00842. The minimum Gasteiger partial charge on any atom is -0.494 e. The highest BCUT2D eigenvalue weighted by molar-refractivity contribution is 6.33. The number of carboxylic acid groups (broad SMARTS) is 1. The highest BCUT2D eigenvalue weighted by Crippen LogP contribution is 2.49. The van der Waals surface area contributed by atoms with Gasteiger partial charge in [0.15, 0.2) is 0 Å². The summed E-state index contributed by atoms with van der Waals surface area (Å²) in [6.07, 6.45) is 8.59. The van der Waals surface area contributed by atoms with Crippen molar-refractivity contribution < 1.29 is 29.0 Å². The number of carboxylic acids is 1. The van der Waals surface area contributed by atoms with Crippen molar-refractivity contribution in [1.82, 2.24) is 10.6 Å². The molecule has 214 valence electrons. The lowest BCUT2D eigenvalue weighted by Crippen LogP contribution is -2.51. The topological polar surface area (TPSA) is 114 Å². The Labute approximate surface area is 235 Å². The van der Waals surface area contributed by atoms with Gasteiger partial charge in [0.1, 0.15) is 11.5 Å². The normalized spacial score (nSPS) is 32.7. The first kappa shape index (κ1) is 28.1. The fourth-order valence-electron chi connectivity index (χ4n) is 7.25. The number of nitrogens with one attached hydrogen (secondary N) is 2. The average Bonchev–Trinajstić information content (AvgIpc) is 3.49. The molecule has 39 heavy (non-hydrogen) atoms. The molecule has 4 atom stereocenters. The predicted molar refractivity (Wildman–Crippen MR) is 147 cm³/mol. The molecule has 4 aliphatic carbocycles. The number of hydrogen-bond acceptors (Lipinski definition) is 5. The molecule has 3 N–H and O–H groups in total. The Morgan fingerprint density at radius 2 is 1.74 bits per heavy atom. The van der Waals surface area contributed by atoms with Crippen LogP contribution in [0.15, 0.2) is 12.1 Å². The Kier molecular flexibility index (Phi) is 7.79. The van der Waals surface area contributed by atoms with E-state index in [-0.39, 0.29) is 63.5 Å². The van der Waals surface area contributed by atoms with E-state index < -0.39 is 11.4 Å². The number of benzene rings is 1. The number of halogens is 1. The summed E-state index contributed by atoms with van der Waals surface area (Å²) >= 11 is 6.52. The van der Waals surface area contributed by atoms with Gasteiger partial charge in [-0.2, -0.15) is 0 Å². The van der Waals surface area contributed by atoms with Crippen molar-refractivity contribution in [3.63, 3.8) is 0 Å². The van der Waals surface area contributed by atoms with Crippen molar-refractivity contribution in [3.8, 4) is 11.5 Å². The van der Waals surface area contributed by atoms with E-state index in [9.17, 15) is 19.5 Å². The number of methoxy groups -OCH3 is 1. The second-order valence-corrected chi connectivity index (χ2v) is 13.3. The van der Waals surface area contributed by atoms with Crippen LogP contribution in [0, 0.1) is 28.6 Å². The van der Waals surface area contributed by atoms with E-state index in [1.54, 1.807) is 19.1 Å². The van der Waals surface area contributed by atoms with Gasteiger partial charge in [-0.05, 0) is 88.0 Å². The second kappa shape index (κ2) is 10.8. The van der Waals surface area contributed by atoms with Crippen LogP contribution in [-0.2, 0) is 9.59 Å². The minimum atomic E-state index is -0.780. The van der Waals surface area contributed by atoms with Gasteiger partial charge >= 0.3 is 5.97 Å². The number of amides is 2. The van der Waals surface area contributed by atoms with Gasteiger partial charge in [-0.25, -0.2) is 0 Å². The molecule has 5 rings (SSSR count). The van der Waals surface area contributed by atoms with Crippen LogP contribution in [0.5, 0.6) is 11.5 Å². The van der Waals surface area contributed by atoms with Crippen molar-refractivity contribution in [3.05, 3.63) is 22.7 Å². The van der Waals surface area contributed by atoms with E-state index in [1.807, 2.05) is 0 Å². The summed E-state index contributed by atoms with van der Waals surface area (Å²) in [5.41, 5.74) is -0.266. The quantitative estimate of drug-likeness (QED) is 0.382. The van der Waals surface area contributed by atoms with Gasteiger partial charge in [0, 0.05) is 18.7 Å². The molecular weight excluding hydrogens is 520 g/mol. The molecule has 0 unspecified atom stereocenters. The highest BCUT2D eigenvalue weighted by atomic mass is 35.5. The Bertz CT molecular complexity index is 1130. The molecular formula is C30H41ClN2O6. The van der Waals surface area contributed by atoms with E-state index in [2.05, 4.69) is 17.6 Å². The summed E-state index contributed by atoms with van der Waals surface area (Å²) in [6.45, 7) is 4.69. The van der Waals surface area contributed by atoms with E-state index in [0.29, 0.717) is 38.0 Å². The molecule has 0 aliphatic heterocycles. The smallest absolute Gasteiger partial charge is 0.309 e. The van der Waals surface area contributed by atoms with Crippen LogP contribution in [0.4, 0.5) is 0 Å². The molecule has 0 saturated heterocycles. The largest absolute Gasteiger partial charge is 0.494 e. The monoisotopic (exact) mass is 560 g/mol. The lowest BCUT2D eigenvalue weighted by Gasteiger charge is -2.39. The third-order valence-electron chi connectivity index (χ3n) is 10.1. The molecule has 0 spiro atoms. The molecule has 2 bridgehead atoms. The molecule has 1 aromatic rings. The molecule has 4 saturated carbocycles. The number of hydrogen-bond donors (Lipinski definition) is 3. The third-order valence-corrected chi connectivity index (χ3v) is 10.4. The number of fused-ring (bicyclic) bond motifs is 2. The van der Waals surface area contributed by atoms with Crippen molar-refractivity contribution in [2.75, 3.05) is 13.7 Å². The molecule has 0 radical (unpaired) electrons. The summed E-state index contributed by atoms with van der Waals surface area (Å²) in [5, 5.41) is 16.2. The summed E-state index contributed by atoms with van der Waals surface area (Å²) in [7, 11) is 1.47. The van der Waals surface area contributed by atoms with Gasteiger partial charge in [-0.3, -0.25) is 14.4 Å². The van der Waals surface area contributed by atoms with Crippen LogP contribution < -0.4 is 20.1 Å². The average molecular weight is 561 g/mol. The van der Waals surface area contributed by atoms with Crippen molar-refractivity contribution in [2.24, 2.45) is 28.6 Å². The zero-order chi connectivity index (χ0) is 27.9. The minimum absolute atomic E-state index is 0.0494. The van der Waals surface area contributed by atoms with E-state index >= 15 is 0 Å². The van der Waals surface area contributed by atoms with Gasteiger partial charge in [-0.1, -0.05) is 24.9 Å². The van der Waals surface area contributed by atoms with Gasteiger partial charge in [0.2, 0.25) is 5.91 Å². The van der Waals surface area contributed by atoms with Crippen LogP contribution >= 0.6 is 11.6 Å². The first-order valence-corrected chi connectivity index (χ1v) is 14.8. The van der Waals surface area contributed by atoms with Gasteiger partial charge in [-0.15, -0.1) is 0 Å². The number of aliphatic carboxylic acids is 1. The van der Waals surface area contributed by atoms with Crippen molar-refractivity contribution in [2.45, 2.75) is 90.2 Å². The van der Waals surface area contributed by atoms with Crippen LogP contribution in [-0.4, -0.2) is 48.7 Å². The Balaban J connectivity index is 1.28. The number of carbonyl (C=O) groups is 3. The summed E-state index contributed by atoms with van der Waals surface area (Å²) in [6, 6.07) is 3.05. The Hall–Kier alpha value is -2.48. The van der Waals surface area contributed by atoms with Crippen LogP contribution in [0.2, 0.25) is 5.02 Å². The predicted octanol–water partition coefficient (Wildman–Crippen LogP) is 5.21. The summed E-state index contributed by atoms with van der Waals surface area (Å²) in [4.78, 5) is 38.6. The lowest BCUT2D eigenvalue weighted by molar-refractivity contribution is -0.150. The fourth-order valence-corrected chi connectivity index (χ4v) is 7.53. The van der Waals surface area contributed by atoms with E-state index in [4.69, 9.17) is 21.1 Å². The lowest BCUT2D eigenvalue weighted by atomic mass is 9.70. The fraction of sp³-hybridized carbons (Fsp3) is 0.700. The third kappa shape index (κ3) is 5.59. The maximum Gasteiger partial charge on any atom is 0.309 e. The SMILES string of the molecule is COc1c(Cl)cc(O[C@H]2CC[C@@](C)(C(=O)O)CC2)cc1C(=O)N[C@@H]1[C@H]2CC[C@H](C2)[C@@H]1C(=O)NCC1(C)CCC1. The molecule has 0 aromatic heterocycles.